The molecule has 1 aliphatic heterocycles. The van der Waals surface area contributed by atoms with E-state index < -0.39 is 38.1 Å². The van der Waals surface area contributed by atoms with Crippen molar-refractivity contribution in [3.8, 4) is 0 Å². The van der Waals surface area contributed by atoms with Crippen molar-refractivity contribution >= 4 is 25.5 Å². The normalized spacial score (nSPS) is 24.7. The van der Waals surface area contributed by atoms with Gasteiger partial charge in [-0.05, 0) is 12.8 Å². The van der Waals surface area contributed by atoms with Crippen molar-refractivity contribution < 1.29 is 42.0 Å². The molecule has 1 unspecified atom stereocenters. The smallest absolute Gasteiger partial charge is 0.469 e. The number of hydrogen-bond donors (Lipinski definition) is 0. The Morgan fingerprint density at radius 2 is 1.85 bits per heavy atom. The maximum atomic E-state index is 12.5. The number of ketones is 1. The Balaban J connectivity index is 2.60. The maximum Gasteiger partial charge on any atom is 0.478 e. The lowest BCUT2D eigenvalue weighted by Gasteiger charge is -2.39. The van der Waals surface area contributed by atoms with E-state index in [-0.39, 0.29) is 31.7 Å². The summed E-state index contributed by atoms with van der Waals surface area (Å²) in [4.78, 5) is 34.9. The summed E-state index contributed by atoms with van der Waals surface area (Å²) in [6.45, 7) is 4.68. The Labute approximate surface area is 153 Å². The summed E-state index contributed by atoms with van der Waals surface area (Å²) in [6, 6.07) is 0. The average molecular weight is 394 g/mol. The molecule has 10 heteroatoms. The molecule has 0 aromatic carbocycles. The van der Waals surface area contributed by atoms with Crippen LogP contribution in [0.3, 0.4) is 0 Å². The number of esters is 2. The molecule has 1 saturated heterocycles. The molecule has 0 aromatic rings. The SMILES string of the molecule is CCCC(=O)OCOP1(=O)OCC(C)(C)[C@H](C(=O)CCCC(=O)OC)O1. The van der Waals surface area contributed by atoms with Gasteiger partial charge in [-0.25, -0.2) is 9.09 Å². The summed E-state index contributed by atoms with van der Waals surface area (Å²) in [5, 5.41) is 0. The second kappa shape index (κ2) is 10.2. The van der Waals surface area contributed by atoms with Crippen molar-refractivity contribution in [1.29, 1.82) is 0 Å². The molecule has 0 N–H and O–H groups in total. The zero-order valence-electron chi connectivity index (χ0n) is 15.6. The first-order chi connectivity index (χ1) is 12.1. The van der Waals surface area contributed by atoms with E-state index in [2.05, 4.69) is 4.74 Å². The summed E-state index contributed by atoms with van der Waals surface area (Å²) in [7, 11) is -2.75. The van der Waals surface area contributed by atoms with Crippen LogP contribution in [-0.4, -0.2) is 44.3 Å². The zero-order chi connectivity index (χ0) is 19.8. The van der Waals surface area contributed by atoms with Gasteiger partial charge in [-0.2, -0.15) is 0 Å². The van der Waals surface area contributed by atoms with E-state index in [4.69, 9.17) is 18.3 Å². The van der Waals surface area contributed by atoms with E-state index >= 15 is 0 Å². The fraction of sp³-hybridized carbons (Fsp3) is 0.812. The standard InChI is InChI=1S/C16H27O9P/c1-5-7-14(19)22-11-24-26(20)23-10-16(2,3)15(25-26)12(17)8-6-9-13(18)21-4/h15H,5-11H2,1-4H3/t15-,26?/m0/s1. The molecule has 1 rings (SSSR count). The van der Waals surface area contributed by atoms with Gasteiger partial charge < -0.3 is 9.47 Å². The van der Waals surface area contributed by atoms with Crippen molar-refractivity contribution in [2.45, 2.75) is 59.0 Å². The lowest BCUT2D eigenvalue weighted by molar-refractivity contribution is -0.155. The Morgan fingerprint density at radius 3 is 2.46 bits per heavy atom. The number of ether oxygens (including phenoxy) is 2. The fourth-order valence-electron chi connectivity index (χ4n) is 2.26. The topological polar surface area (TPSA) is 114 Å². The van der Waals surface area contributed by atoms with E-state index in [1.54, 1.807) is 13.8 Å². The summed E-state index contributed by atoms with van der Waals surface area (Å²) < 4.78 is 37.3. The Kier molecular flexibility index (Phi) is 8.89. The number of hydrogen-bond acceptors (Lipinski definition) is 9. The number of carbonyl (C=O) groups excluding carboxylic acids is 3. The van der Waals surface area contributed by atoms with Gasteiger partial charge in [0.05, 0.1) is 13.7 Å². The number of carbonyl (C=O) groups is 3. The summed E-state index contributed by atoms with van der Waals surface area (Å²) in [5.74, 6) is -1.21. The molecule has 1 heterocycles. The molecule has 0 saturated carbocycles. The highest BCUT2D eigenvalue weighted by Crippen LogP contribution is 2.57. The first-order valence-corrected chi connectivity index (χ1v) is 9.92. The van der Waals surface area contributed by atoms with Crippen LogP contribution in [0.4, 0.5) is 0 Å². The molecule has 9 nitrogen and oxygen atoms in total. The molecule has 1 fully saturated rings. The van der Waals surface area contributed by atoms with Crippen LogP contribution in [0.15, 0.2) is 0 Å². The van der Waals surface area contributed by atoms with Crippen LogP contribution in [0.5, 0.6) is 0 Å². The minimum Gasteiger partial charge on any atom is -0.469 e. The molecule has 26 heavy (non-hydrogen) atoms. The van der Waals surface area contributed by atoms with Gasteiger partial charge >= 0.3 is 19.8 Å². The van der Waals surface area contributed by atoms with E-state index in [9.17, 15) is 18.9 Å². The monoisotopic (exact) mass is 394 g/mol. The van der Waals surface area contributed by atoms with E-state index in [1.165, 1.54) is 7.11 Å². The minimum absolute atomic E-state index is 0.0272. The second-order valence-electron chi connectivity index (χ2n) is 6.60. The fourth-order valence-corrected chi connectivity index (χ4v) is 3.79. The second-order valence-corrected chi connectivity index (χ2v) is 8.23. The lowest BCUT2D eigenvalue weighted by atomic mass is 9.84. The maximum absolute atomic E-state index is 12.5. The average Bonchev–Trinajstić information content (AvgIpc) is 2.57. The van der Waals surface area contributed by atoms with Gasteiger partial charge in [-0.1, -0.05) is 20.8 Å². The van der Waals surface area contributed by atoms with Crippen molar-refractivity contribution in [2.24, 2.45) is 5.41 Å². The van der Waals surface area contributed by atoms with E-state index in [1.807, 2.05) is 6.92 Å². The van der Waals surface area contributed by atoms with Gasteiger partial charge in [0.15, 0.2) is 5.78 Å². The number of methoxy groups -OCH3 is 1. The van der Waals surface area contributed by atoms with Crippen LogP contribution in [0.1, 0.15) is 52.9 Å². The van der Waals surface area contributed by atoms with E-state index in [0.717, 1.165) is 0 Å². The third-order valence-corrected chi connectivity index (χ3v) is 5.08. The van der Waals surface area contributed by atoms with Gasteiger partial charge in [0.25, 0.3) is 0 Å². The van der Waals surface area contributed by atoms with Gasteiger partial charge in [-0.15, -0.1) is 0 Å². The quantitative estimate of drug-likeness (QED) is 0.313. The number of Topliss-reactive ketones (excluding diaryl/α,β-unsaturated/α-hetero) is 1. The highest BCUT2D eigenvalue weighted by atomic mass is 31.2. The number of rotatable bonds is 10. The third kappa shape index (κ3) is 7.15. The van der Waals surface area contributed by atoms with Crippen LogP contribution in [-0.2, 0) is 42.0 Å². The largest absolute Gasteiger partial charge is 0.478 e. The Hall–Kier alpha value is -1.28. The highest BCUT2D eigenvalue weighted by Gasteiger charge is 2.48. The van der Waals surface area contributed by atoms with Crippen molar-refractivity contribution in [3.63, 3.8) is 0 Å². The molecule has 150 valence electrons. The van der Waals surface area contributed by atoms with Gasteiger partial charge in [0, 0.05) is 24.7 Å². The lowest BCUT2D eigenvalue weighted by Crippen LogP contribution is -2.44. The van der Waals surface area contributed by atoms with Crippen molar-refractivity contribution in [1.82, 2.24) is 0 Å². The van der Waals surface area contributed by atoms with Crippen LogP contribution < -0.4 is 0 Å². The summed E-state index contributed by atoms with van der Waals surface area (Å²) in [6.07, 6.45) is 0.263. The van der Waals surface area contributed by atoms with Crippen LogP contribution in [0.2, 0.25) is 0 Å². The first-order valence-electron chi connectivity index (χ1n) is 8.46. The Bertz CT molecular complexity index is 558. The van der Waals surface area contributed by atoms with Crippen LogP contribution in [0.25, 0.3) is 0 Å². The van der Waals surface area contributed by atoms with Crippen LogP contribution >= 0.6 is 7.82 Å². The molecule has 0 bridgehead atoms. The molecule has 1 aliphatic rings. The van der Waals surface area contributed by atoms with Crippen LogP contribution in [0, 0.1) is 5.41 Å². The Morgan fingerprint density at radius 1 is 1.15 bits per heavy atom. The third-order valence-electron chi connectivity index (χ3n) is 3.75. The molecule has 0 amide bonds. The van der Waals surface area contributed by atoms with E-state index in [0.29, 0.717) is 12.8 Å². The first kappa shape index (κ1) is 22.8. The molecular weight excluding hydrogens is 367 g/mol. The van der Waals surface area contributed by atoms with Gasteiger partial charge in [0.2, 0.25) is 6.79 Å². The van der Waals surface area contributed by atoms with Crippen molar-refractivity contribution in [3.05, 3.63) is 0 Å². The molecule has 0 radical (unpaired) electrons. The number of phosphoric ester groups is 1. The molecule has 0 spiro atoms. The van der Waals surface area contributed by atoms with Gasteiger partial charge in [0.1, 0.15) is 6.10 Å². The predicted octanol–water partition coefficient (Wildman–Crippen LogP) is 2.77. The predicted molar refractivity (Wildman–Crippen MR) is 90.0 cm³/mol. The van der Waals surface area contributed by atoms with Crippen molar-refractivity contribution in [2.75, 3.05) is 20.5 Å². The molecule has 0 aliphatic carbocycles. The molecular formula is C16H27O9P. The molecule has 0 aromatic heterocycles. The zero-order valence-corrected chi connectivity index (χ0v) is 16.5. The van der Waals surface area contributed by atoms with Gasteiger partial charge in [-0.3, -0.25) is 23.4 Å². The highest BCUT2D eigenvalue weighted by molar-refractivity contribution is 7.48. The molecule has 2 atom stereocenters. The summed E-state index contributed by atoms with van der Waals surface area (Å²) in [5.41, 5.74) is -0.724. The summed E-state index contributed by atoms with van der Waals surface area (Å²) >= 11 is 0. The minimum atomic E-state index is -4.03. The number of phosphoric acid groups is 1.